The second-order valence-corrected chi connectivity index (χ2v) is 34.1. The van der Waals surface area contributed by atoms with Gasteiger partial charge in [0.25, 0.3) is 22.2 Å². The number of nitrogen functional groups attached to an aromatic ring is 5. The molecule has 3 saturated carbocycles. The number of pyridine rings is 4. The fourth-order valence-corrected chi connectivity index (χ4v) is 16.8. The Bertz CT molecular complexity index is 7820. The van der Waals surface area contributed by atoms with Crippen LogP contribution in [0.15, 0.2) is 170 Å². The first-order valence-electron chi connectivity index (χ1n) is 41.8. The zero-order chi connectivity index (χ0) is 95.6. The summed E-state index contributed by atoms with van der Waals surface area (Å²) in [5.41, 5.74) is 30.4. The molecule has 14 N–H and O–H groups in total. The zero-order valence-corrected chi connectivity index (χ0v) is 76.5. The van der Waals surface area contributed by atoms with Gasteiger partial charge in [-0.2, -0.15) is 15.8 Å². The van der Waals surface area contributed by atoms with Crippen molar-refractivity contribution in [3.63, 3.8) is 0 Å². The van der Waals surface area contributed by atoms with Crippen molar-refractivity contribution in [2.75, 3.05) is 49.9 Å². The standard InChI is InChI=1S/C24H21ClN8O.C23H17ClF2N8O.C22H18BrFN8O.C22H20Cl2N8O/c1-13-29-21(27)16(11-26)22(30-13)31-19(10-14-7-8-14)23-32-18-6-2-5-17(25)20(18)24(34)33(23)15-4-3-9-28-12-15;1-10-30-20(28)14(7-27)21(31-10)32-18(11-2-3-11)22-33-19-16(26)5-4-15(24)17(19)23(35)34(22)13-6-12(25)8-29-9-13;1-3-16(30-20-13(9-25)19(26)28-11(2)29-20)21-31-18-15(24)7-6-14(23)17(18)22(33)32(21)12-5-4-8-27-10-12;1-10-28-19(26)17(24)20(29-10)31-18(11-5-6-11)21-30-14-4-2-3-13(23)16(14)22(33)32(21)12-7-8-15(25)27-9-12/h2-6,9,12,14,19H,7-8,10H2,1H3,(H3,27,29,30,31);4-6,8-9,11,18H,2-3H2,1H3,(H3,28,30,31,32);4-8,10,16H,3H2,1-2H3,(H3,26,28,29,30);2-4,7-9,11,18H,5-6H2,1H3,(H2,25,27)(H3,26,28,29,31)/t19-;18-;16-;18-/m0000/s1. The van der Waals surface area contributed by atoms with Crippen molar-refractivity contribution < 1.29 is 13.2 Å². The lowest BCUT2D eigenvalue weighted by atomic mass is 10.1. The van der Waals surface area contributed by atoms with Crippen LogP contribution >= 0.6 is 62.3 Å². The molecule has 0 spiro atoms. The largest absolute Gasteiger partial charge is 0.384 e. The molecule has 135 heavy (non-hydrogen) atoms. The average Bonchev–Trinajstić information content (AvgIpc) is 0.966. The number of rotatable bonds is 21. The maximum atomic E-state index is 14.8. The first-order chi connectivity index (χ1) is 64.9. The molecule has 36 nitrogen and oxygen atoms in total. The highest BCUT2D eigenvalue weighted by atomic mass is 79.9. The smallest absolute Gasteiger partial charge is 0.267 e. The monoisotopic (exact) mass is 1960 g/mol. The van der Waals surface area contributed by atoms with Crippen molar-refractivity contribution in [1.29, 1.82) is 15.8 Å². The van der Waals surface area contributed by atoms with E-state index in [4.69, 9.17) is 85.0 Å². The number of nitriles is 3. The van der Waals surface area contributed by atoms with Gasteiger partial charge in [-0.1, -0.05) is 78.3 Å². The maximum Gasteiger partial charge on any atom is 0.267 e. The molecule has 44 heteroatoms. The lowest BCUT2D eigenvalue weighted by Crippen LogP contribution is -2.30. The van der Waals surface area contributed by atoms with Crippen LogP contribution in [0, 0.1) is 96.9 Å². The molecule has 0 amide bonds. The Labute approximate surface area is 792 Å². The molecule has 19 rings (SSSR count). The van der Waals surface area contributed by atoms with E-state index in [-0.39, 0.29) is 130 Å². The van der Waals surface area contributed by atoms with Crippen LogP contribution in [0.3, 0.4) is 0 Å². The summed E-state index contributed by atoms with van der Waals surface area (Å²) in [6, 6.07) is 30.9. The van der Waals surface area contributed by atoms with Gasteiger partial charge in [0.05, 0.1) is 126 Å². The predicted octanol–water partition coefficient (Wildman–Crippen LogP) is 15.5. The molecule has 0 unspecified atom stereocenters. The van der Waals surface area contributed by atoms with Crippen molar-refractivity contribution in [1.82, 2.24) is 98.0 Å². The summed E-state index contributed by atoms with van der Waals surface area (Å²) in [5.74, 6) is 3.26. The highest BCUT2D eigenvalue weighted by molar-refractivity contribution is 9.10. The van der Waals surface area contributed by atoms with E-state index < -0.39 is 46.7 Å². The SMILES string of the molecule is CC[C@H](Nc1nc(C)nc(N)c1C#N)c1nc2c(F)ccc(Br)c2c(=O)n1-c1cccnc1.Cc1nc(N)c(C#N)c(N[C@@H](CC2CC2)c2nc3cccc(Cl)c3c(=O)n2-c2cccnc2)n1.Cc1nc(N)c(C#N)c(N[C@H](c2nc3c(F)ccc(Cl)c3c(=O)n2-c2cncc(F)c2)C2CC2)n1.Cc1nc(N)c(Cl)c(N[C@H](c2nc3cccc(Cl)c3c(=O)n2-c2ccc(N)nc2)C2CC2)n1. The van der Waals surface area contributed by atoms with Crippen LogP contribution in [0.5, 0.6) is 0 Å². The number of nitrogens with one attached hydrogen (secondary N) is 4. The average molecular weight is 1960 g/mol. The van der Waals surface area contributed by atoms with E-state index in [1.54, 1.807) is 119 Å². The number of fused-ring (bicyclic) bond motifs is 4. The third-order valence-electron chi connectivity index (χ3n) is 22.1. The highest BCUT2D eigenvalue weighted by Gasteiger charge is 2.40. The van der Waals surface area contributed by atoms with Crippen molar-refractivity contribution >= 4 is 158 Å². The number of nitrogens with two attached hydrogens (primary N) is 5. The molecule has 4 atom stereocenters. The molecule has 0 radical (unpaired) electrons. The summed E-state index contributed by atoms with van der Waals surface area (Å²) < 4.78 is 49.7. The van der Waals surface area contributed by atoms with Crippen LogP contribution in [0.2, 0.25) is 20.1 Å². The number of nitrogens with zero attached hydrogens (tertiary/aromatic N) is 23. The maximum absolute atomic E-state index is 14.8. The van der Waals surface area contributed by atoms with Crippen LogP contribution in [0.25, 0.3) is 66.4 Å². The van der Waals surface area contributed by atoms with Crippen LogP contribution < -0.4 is 72.2 Å². The number of aryl methyl sites for hydroxylation is 4. The fourth-order valence-electron chi connectivity index (χ4n) is 15.4. The van der Waals surface area contributed by atoms with Crippen molar-refractivity contribution in [3.05, 3.63) is 293 Å². The number of halogens is 8. The summed E-state index contributed by atoms with van der Waals surface area (Å²) in [7, 11) is 0. The first kappa shape index (κ1) is 92.7. The molecule has 680 valence electrons. The van der Waals surface area contributed by atoms with Crippen LogP contribution in [0.4, 0.5) is 65.5 Å². The lowest BCUT2D eigenvalue weighted by molar-refractivity contribution is 0.581. The van der Waals surface area contributed by atoms with Gasteiger partial charge in [-0.15, -0.1) is 0 Å². The third kappa shape index (κ3) is 19.4. The van der Waals surface area contributed by atoms with E-state index in [9.17, 15) is 48.1 Å². The van der Waals surface area contributed by atoms with Gasteiger partial charge in [-0.3, -0.25) is 52.4 Å². The Morgan fingerprint density at radius 3 is 1.35 bits per heavy atom. The Morgan fingerprint density at radius 2 is 0.859 bits per heavy atom. The minimum absolute atomic E-state index is 0.00505. The Hall–Kier alpha value is -15.5. The molecule has 3 aliphatic rings. The summed E-state index contributed by atoms with van der Waals surface area (Å²) in [6.45, 7) is 8.57. The summed E-state index contributed by atoms with van der Waals surface area (Å²) in [5, 5.41) is 43.4. The van der Waals surface area contributed by atoms with Gasteiger partial charge < -0.3 is 49.9 Å². The number of benzene rings is 4. The van der Waals surface area contributed by atoms with Gasteiger partial charge in [0.1, 0.15) is 144 Å². The lowest BCUT2D eigenvalue weighted by Gasteiger charge is -2.24. The van der Waals surface area contributed by atoms with Crippen molar-refractivity contribution in [3.8, 4) is 41.0 Å². The minimum atomic E-state index is -0.735. The van der Waals surface area contributed by atoms with E-state index in [1.165, 1.54) is 50.5 Å². The third-order valence-corrected chi connectivity index (χ3v) is 24.1. The number of aromatic nitrogens is 20. The van der Waals surface area contributed by atoms with Gasteiger partial charge in [0.15, 0.2) is 23.3 Å². The topological polar surface area (TPSA) is 544 Å². The van der Waals surface area contributed by atoms with E-state index in [0.29, 0.717) is 125 Å². The molecular formula is C91H76BrCl4F3N32O4. The molecule has 16 aromatic rings. The summed E-state index contributed by atoms with van der Waals surface area (Å²) in [6.07, 6.45) is 16.9. The van der Waals surface area contributed by atoms with Crippen LogP contribution in [-0.4, -0.2) is 98.0 Å². The van der Waals surface area contributed by atoms with Gasteiger partial charge in [0, 0.05) is 22.9 Å². The van der Waals surface area contributed by atoms with Crippen LogP contribution in [0.1, 0.15) is 146 Å². The van der Waals surface area contributed by atoms with Crippen molar-refractivity contribution in [2.24, 2.45) is 17.8 Å². The summed E-state index contributed by atoms with van der Waals surface area (Å²) >= 11 is 28.8. The highest BCUT2D eigenvalue weighted by Crippen LogP contribution is 2.47. The van der Waals surface area contributed by atoms with Crippen molar-refractivity contribution in [2.45, 2.75) is 110 Å². The first-order valence-corrected chi connectivity index (χ1v) is 44.1. The molecule has 12 aromatic heterocycles. The molecule has 3 fully saturated rings. The second-order valence-electron chi connectivity index (χ2n) is 31.6. The molecule has 0 saturated heterocycles. The van der Waals surface area contributed by atoms with E-state index >= 15 is 0 Å². The molecule has 0 aliphatic heterocycles. The van der Waals surface area contributed by atoms with Crippen LogP contribution in [-0.2, 0) is 0 Å². The van der Waals surface area contributed by atoms with Gasteiger partial charge >= 0.3 is 0 Å². The Balaban J connectivity index is 0.000000131. The minimum Gasteiger partial charge on any atom is -0.384 e. The number of hydrogen-bond donors (Lipinski definition) is 9. The quantitative estimate of drug-likeness (QED) is 0.0323. The molecular weight excluding hydrogens is 1880 g/mol. The summed E-state index contributed by atoms with van der Waals surface area (Å²) in [4.78, 5) is 124. The number of hydrogen-bond acceptors (Lipinski definition) is 32. The molecule has 3 aliphatic carbocycles. The Morgan fingerprint density at radius 1 is 0.437 bits per heavy atom. The Kier molecular flexibility index (Phi) is 26.9. The molecule has 0 bridgehead atoms. The van der Waals surface area contributed by atoms with Gasteiger partial charge in [-0.05, 0) is 185 Å². The van der Waals surface area contributed by atoms with Gasteiger partial charge in [-0.25, -0.2) is 78.0 Å². The predicted molar refractivity (Wildman–Crippen MR) is 510 cm³/mol. The van der Waals surface area contributed by atoms with Gasteiger partial charge in [0.2, 0.25) is 0 Å². The normalized spacial score (nSPS) is 13.6. The molecule has 4 aromatic carbocycles. The second kappa shape index (κ2) is 39.1. The van der Waals surface area contributed by atoms with E-state index in [2.05, 4.69) is 113 Å². The van der Waals surface area contributed by atoms with E-state index in [0.717, 1.165) is 61.4 Å². The van der Waals surface area contributed by atoms with E-state index in [1.807, 2.05) is 19.1 Å². The number of anilines is 9. The molecule has 12 heterocycles. The fraction of sp³-hybridized carbons (Fsp3) is 0.220. The zero-order valence-electron chi connectivity index (χ0n) is 71.9.